The van der Waals surface area contributed by atoms with Gasteiger partial charge in [0.25, 0.3) is 0 Å². The van der Waals surface area contributed by atoms with E-state index in [-0.39, 0.29) is 22.3 Å². The van der Waals surface area contributed by atoms with Crippen molar-refractivity contribution in [3.05, 3.63) is 11.6 Å². The fourth-order valence-corrected chi connectivity index (χ4v) is 10.2. The molecule has 0 unspecified atom stereocenters. The van der Waals surface area contributed by atoms with Crippen molar-refractivity contribution in [1.29, 1.82) is 0 Å². The van der Waals surface area contributed by atoms with Crippen LogP contribution in [0.4, 0.5) is 0 Å². The molecule has 0 amide bonds. The van der Waals surface area contributed by atoms with Crippen LogP contribution in [0, 0.1) is 45.3 Å². The lowest BCUT2D eigenvalue weighted by atomic mass is 9.36. The van der Waals surface area contributed by atoms with Crippen LogP contribution in [0.25, 0.3) is 0 Å². The summed E-state index contributed by atoms with van der Waals surface area (Å²) in [4.78, 5) is 0. The van der Waals surface area contributed by atoms with E-state index >= 15 is 0 Å². The number of aliphatic hydroxyl groups is 2. The van der Waals surface area contributed by atoms with Crippen molar-refractivity contribution in [2.24, 2.45) is 45.3 Å². The fraction of sp³-hybridized carbons (Fsp3) is 0.933. The third kappa shape index (κ3) is 3.17. The molecule has 2 N–H and O–H groups in total. The monoisotopic (exact) mass is 444 g/mol. The van der Waals surface area contributed by atoms with Gasteiger partial charge in [0.15, 0.2) is 0 Å². The van der Waals surface area contributed by atoms with Gasteiger partial charge in [-0.15, -0.1) is 0 Å². The summed E-state index contributed by atoms with van der Waals surface area (Å²) in [7, 11) is 0. The summed E-state index contributed by atoms with van der Waals surface area (Å²) in [6.45, 7) is 19.0. The van der Waals surface area contributed by atoms with Crippen LogP contribution in [0.15, 0.2) is 11.6 Å². The largest absolute Gasteiger partial charge is 0.393 e. The molecule has 184 valence electrons. The van der Waals surface area contributed by atoms with Gasteiger partial charge in [-0.2, -0.15) is 0 Å². The Bertz CT molecular complexity index is 750. The van der Waals surface area contributed by atoms with Crippen molar-refractivity contribution < 1.29 is 10.2 Å². The van der Waals surface area contributed by atoms with Gasteiger partial charge in [-0.25, -0.2) is 0 Å². The minimum Gasteiger partial charge on any atom is -0.393 e. The third-order valence-electron chi connectivity index (χ3n) is 12.5. The summed E-state index contributed by atoms with van der Waals surface area (Å²) in [5.74, 6) is 2.33. The Labute approximate surface area is 198 Å². The molecule has 4 aliphatic carbocycles. The Hall–Kier alpha value is -0.340. The molecule has 4 fully saturated rings. The Balaban J connectivity index is 1.63. The van der Waals surface area contributed by atoms with E-state index in [2.05, 4.69) is 61.5 Å². The van der Waals surface area contributed by atoms with Gasteiger partial charge in [-0.05, 0) is 118 Å². The fourth-order valence-electron chi connectivity index (χ4n) is 10.2. The Morgan fingerprint density at radius 2 is 1.47 bits per heavy atom. The SMILES string of the molecule is CC(C)=CCC[C@@H](C)[C@H]1CC[C@@]2(C)[C@@H]3CC[C@H]4C(C)(C)[C@@H](O)CC[C@]4(C)[C@@]3(O)CC[C@]12C. The van der Waals surface area contributed by atoms with E-state index in [0.717, 1.165) is 37.5 Å². The summed E-state index contributed by atoms with van der Waals surface area (Å²) in [5, 5.41) is 23.5. The van der Waals surface area contributed by atoms with E-state index in [1.165, 1.54) is 44.1 Å². The first-order valence-electron chi connectivity index (χ1n) is 13.8. The third-order valence-corrected chi connectivity index (χ3v) is 12.5. The molecule has 32 heavy (non-hydrogen) atoms. The van der Waals surface area contributed by atoms with E-state index < -0.39 is 5.60 Å². The average molecular weight is 445 g/mol. The van der Waals surface area contributed by atoms with Crippen LogP contribution in [0.1, 0.15) is 120 Å². The lowest BCUT2D eigenvalue weighted by Gasteiger charge is -2.71. The first-order valence-corrected chi connectivity index (χ1v) is 13.8. The molecule has 9 atom stereocenters. The zero-order valence-corrected chi connectivity index (χ0v) is 22.4. The van der Waals surface area contributed by atoms with Crippen LogP contribution >= 0.6 is 0 Å². The highest BCUT2D eigenvalue weighted by Gasteiger charge is 2.72. The smallest absolute Gasteiger partial charge is 0.0737 e. The topological polar surface area (TPSA) is 40.5 Å². The summed E-state index contributed by atoms with van der Waals surface area (Å²) >= 11 is 0. The quantitative estimate of drug-likeness (QED) is 0.440. The van der Waals surface area contributed by atoms with Crippen molar-refractivity contribution in [3.8, 4) is 0 Å². The lowest BCUT2D eigenvalue weighted by molar-refractivity contribution is -0.284. The summed E-state index contributed by atoms with van der Waals surface area (Å²) < 4.78 is 0. The molecule has 0 saturated heterocycles. The molecule has 0 bridgehead atoms. The highest BCUT2D eigenvalue weighted by Crippen LogP contribution is 2.75. The molecular weight excluding hydrogens is 392 g/mol. The molecule has 0 radical (unpaired) electrons. The van der Waals surface area contributed by atoms with Gasteiger partial charge in [0.1, 0.15) is 0 Å². The predicted octanol–water partition coefficient (Wildman–Crippen LogP) is 7.53. The van der Waals surface area contributed by atoms with Crippen LogP contribution < -0.4 is 0 Å². The number of rotatable bonds is 4. The summed E-state index contributed by atoms with van der Waals surface area (Å²) in [6.07, 6.45) is 13.5. The highest BCUT2D eigenvalue weighted by atomic mass is 16.3. The number of hydrogen-bond donors (Lipinski definition) is 2. The predicted molar refractivity (Wildman–Crippen MR) is 134 cm³/mol. The highest BCUT2D eigenvalue weighted by molar-refractivity contribution is 5.22. The molecule has 0 aromatic heterocycles. The molecule has 0 heterocycles. The van der Waals surface area contributed by atoms with Crippen molar-refractivity contribution >= 4 is 0 Å². The van der Waals surface area contributed by atoms with Gasteiger partial charge < -0.3 is 10.2 Å². The number of allylic oxidation sites excluding steroid dienone is 2. The minimum absolute atomic E-state index is 0.0733. The van der Waals surface area contributed by atoms with E-state index in [9.17, 15) is 10.2 Å². The molecule has 4 rings (SSSR count). The molecule has 0 aromatic carbocycles. The molecule has 2 heteroatoms. The normalized spacial score (nSPS) is 50.7. The van der Waals surface area contributed by atoms with Gasteiger partial charge in [-0.3, -0.25) is 0 Å². The molecule has 2 nitrogen and oxygen atoms in total. The second-order valence-electron chi connectivity index (χ2n) is 14.2. The maximum atomic E-state index is 12.6. The average Bonchev–Trinajstić information content (AvgIpc) is 2.97. The van der Waals surface area contributed by atoms with Crippen molar-refractivity contribution in [1.82, 2.24) is 0 Å². The summed E-state index contributed by atoms with van der Waals surface area (Å²) in [6, 6.07) is 0. The molecule has 4 aliphatic rings. The van der Waals surface area contributed by atoms with E-state index in [4.69, 9.17) is 0 Å². The van der Waals surface area contributed by atoms with E-state index in [1.807, 2.05) is 0 Å². The first kappa shape index (κ1) is 24.8. The first-order chi connectivity index (χ1) is 14.7. The van der Waals surface area contributed by atoms with Gasteiger partial charge in [-0.1, -0.05) is 53.2 Å². The minimum atomic E-state index is -0.582. The number of aliphatic hydroxyl groups excluding tert-OH is 1. The second-order valence-corrected chi connectivity index (χ2v) is 14.2. The number of fused-ring (bicyclic) bond motifs is 5. The zero-order chi connectivity index (χ0) is 23.7. The Morgan fingerprint density at radius 3 is 2.12 bits per heavy atom. The standard InChI is InChI=1S/C30H52O2/c1-20(2)10-9-11-21(3)22-14-16-28(7)24-13-12-23-26(4,5)25(31)15-17-29(23,8)30(24,32)19-18-27(22,28)6/h10,21-25,31-32H,9,11-19H2,1-8H3/t21-,22-,23+,24+,25+,27-,28+,29+,30-/m1/s1. The number of hydrogen-bond acceptors (Lipinski definition) is 2. The van der Waals surface area contributed by atoms with Crippen molar-refractivity contribution in [2.45, 2.75) is 131 Å². The zero-order valence-electron chi connectivity index (χ0n) is 22.4. The Morgan fingerprint density at radius 1 is 0.844 bits per heavy atom. The maximum absolute atomic E-state index is 12.6. The van der Waals surface area contributed by atoms with Crippen LogP contribution in [0.5, 0.6) is 0 Å². The maximum Gasteiger partial charge on any atom is 0.0737 e. The van der Waals surface area contributed by atoms with Crippen LogP contribution in [-0.4, -0.2) is 21.9 Å². The van der Waals surface area contributed by atoms with Gasteiger partial charge in [0.2, 0.25) is 0 Å². The lowest BCUT2D eigenvalue weighted by Crippen LogP contribution is -2.70. The second kappa shape index (κ2) is 7.84. The van der Waals surface area contributed by atoms with Gasteiger partial charge in [0, 0.05) is 5.41 Å². The molecule has 0 spiro atoms. The Kier molecular flexibility index (Phi) is 6.07. The van der Waals surface area contributed by atoms with Crippen LogP contribution in [-0.2, 0) is 0 Å². The molecule has 0 aromatic rings. The summed E-state index contributed by atoms with van der Waals surface area (Å²) in [5.41, 5.74) is 1.24. The molecule has 4 saturated carbocycles. The van der Waals surface area contributed by atoms with E-state index in [1.54, 1.807) is 0 Å². The van der Waals surface area contributed by atoms with Crippen LogP contribution in [0.3, 0.4) is 0 Å². The molecular formula is C30H52O2. The van der Waals surface area contributed by atoms with Crippen molar-refractivity contribution in [3.63, 3.8) is 0 Å². The van der Waals surface area contributed by atoms with E-state index in [0.29, 0.717) is 17.3 Å². The van der Waals surface area contributed by atoms with Crippen molar-refractivity contribution in [2.75, 3.05) is 0 Å². The van der Waals surface area contributed by atoms with Gasteiger partial charge >= 0.3 is 0 Å². The molecule has 0 aliphatic heterocycles. The van der Waals surface area contributed by atoms with Gasteiger partial charge in [0.05, 0.1) is 11.7 Å². The van der Waals surface area contributed by atoms with Crippen LogP contribution in [0.2, 0.25) is 0 Å².